The fourth-order valence-electron chi connectivity index (χ4n) is 7.65. The molecule has 8 aromatic carbocycles. The molecule has 0 aliphatic heterocycles. The summed E-state index contributed by atoms with van der Waals surface area (Å²) in [6.45, 7) is 0. The standard InChI is InChI=1S/C48H32N2S/c1-3-13-33(14-4-1)35-25-29-37(30-26-35)49(38-31-27-36(28-32-38)34-15-5-2-6-16-34)45-23-11-19-41-47-44(22-12-24-46(47)51-48(41)45)50-42-20-9-7-17-39(42)40-18-8-10-21-43(40)50/h1-32H. The molecule has 2 heterocycles. The maximum Gasteiger partial charge on any atom is 0.0640 e. The minimum Gasteiger partial charge on any atom is -0.309 e. The molecule has 0 aliphatic rings. The Kier molecular flexibility index (Phi) is 7.04. The Morgan fingerprint density at radius 1 is 0.373 bits per heavy atom. The van der Waals surface area contributed by atoms with E-state index >= 15 is 0 Å². The number of fused-ring (bicyclic) bond motifs is 6. The van der Waals surface area contributed by atoms with Gasteiger partial charge in [0.15, 0.2) is 0 Å². The minimum atomic E-state index is 1.12. The second-order valence-electron chi connectivity index (χ2n) is 12.9. The molecule has 0 N–H and O–H groups in total. The Bertz CT molecular complexity index is 2690. The first-order chi connectivity index (χ1) is 25.3. The van der Waals surface area contributed by atoms with Crippen molar-refractivity contribution in [3.05, 3.63) is 194 Å². The van der Waals surface area contributed by atoms with Crippen LogP contribution in [0.2, 0.25) is 0 Å². The van der Waals surface area contributed by atoms with E-state index in [0.717, 1.165) is 11.4 Å². The van der Waals surface area contributed by atoms with Crippen LogP contribution in [0, 0.1) is 0 Å². The molecule has 51 heavy (non-hydrogen) atoms. The SMILES string of the molecule is c1ccc(-c2ccc(N(c3ccc(-c4ccccc4)cc3)c3cccc4c3sc3cccc(-n5c6ccccc6c6ccccc65)c34)cc2)cc1. The van der Waals surface area contributed by atoms with Crippen molar-refractivity contribution in [2.24, 2.45) is 0 Å². The van der Waals surface area contributed by atoms with Gasteiger partial charge >= 0.3 is 0 Å². The van der Waals surface area contributed by atoms with E-state index in [-0.39, 0.29) is 0 Å². The van der Waals surface area contributed by atoms with Gasteiger partial charge in [-0.25, -0.2) is 0 Å². The Hall–Kier alpha value is -6.42. The van der Waals surface area contributed by atoms with E-state index in [1.165, 1.54) is 75.6 Å². The Morgan fingerprint density at radius 2 is 0.843 bits per heavy atom. The number of para-hydroxylation sites is 2. The van der Waals surface area contributed by atoms with E-state index in [1.54, 1.807) is 0 Å². The molecule has 240 valence electrons. The largest absolute Gasteiger partial charge is 0.309 e. The molecule has 2 nitrogen and oxygen atoms in total. The van der Waals surface area contributed by atoms with Gasteiger partial charge in [0.25, 0.3) is 0 Å². The highest BCUT2D eigenvalue weighted by molar-refractivity contribution is 7.26. The van der Waals surface area contributed by atoms with Crippen molar-refractivity contribution in [3.8, 4) is 27.9 Å². The molecule has 0 fully saturated rings. The molecule has 0 aliphatic carbocycles. The number of rotatable bonds is 6. The molecule has 3 heteroatoms. The third-order valence-electron chi connectivity index (χ3n) is 10.0. The fraction of sp³-hybridized carbons (Fsp3) is 0. The van der Waals surface area contributed by atoms with Crippen molar-refractivity contribution in [1.29, 1.82) is 0 Å². The number of hydrogen-bond acceptors (Lipinski definition) is 2. The predicted octanol–water partition coefficient (Wildman–Crippen LogP) is 14.0. The lowest BCUT2D eigenvalue weighted by molar-refractivity contribution is 1.20. The average Bonchev–Trinajstić information content (AvgIpc) is 3.76. The summed E-state index contributed by atoms with van der Waals surface area (Å²) in [6.07, 6.45) is 0. The zero-order valence-electron chi connectivity index (χ0n) is 27.8. The lowest BCUT2D eigenvalue weighted by Crippen LogP contribution is -2.10. The molecule has 10 rings (SSSR count). The van der Waals surface area contributed by atoms with Gasteiger partial charge in [-0.3, -0.25) is 0 Å². The zero-order chi connectivity index (χ0) is 33.7. The maximum absolute atomic E-state index is 2.45. The Balaban J connectivity index is 1.18. The first kappa shape index (κ1) is 29.5. The highest BCUT2D eigenvalue weighted by Gasteiger charge is 2.21. The number of benzene rings is 8. The third-order valence-corrected chi connectivity index (χ3v) is 11.2. The van der Waals surface area contributed by atoms with Crippen LogP contribution in [0.25, 0.3) is 69.9 Å². The van der Waals surface area contributed by atoms with E-state index in [0.29, 0.717) is 0 Å². The highest BCUT2D eigenvalue weighted by Crippen LogP contribution is 2.47. The first-order valence-electron chi connectivity index (χ1n) is 17.4. The Morgan fingerprint density at radius 3 is 1.41 bits per heavy atom. The molecular weight excluding hydrogens is 637 g/mol. The molecule has 0 unspecified atom stereocenters. The third kappa shape index (κ3) is 4.93. The molecule has 0 amide bonds. The summed E-state index contributed by atoms with van der Waals surface area (Å²) in [5.74, 6) is 0. The van der Waals surface area contributed by atoms with Gasteiger partial charge in [-0.1, -0.05) is 140 Å². The summed E-state index contributed by atoms with van der Waals surface area (Å²) in [7, 11) is 0. The molecule has 0 atom stereocenters. The first-order valence-corrected chi connectivity index (χ1v) is 18.2. The Labute approximate surface area is 300 Å². The number of anilines is 3. The summed E-state index contributed by atoms with van der Waals surface area (Å²) < 4.78 is 4.99. The van der Waals surface area contributed by atoms with Crippen molar-refractivity contribution in [3.63, 3.8) is 0 Å². The number of nitrogens with zero attached hydrogens (tertiary/aromatic N) is 2. The van der Waals surface area contributed by atoms with Crippen LogP contribution in [0.3, 0.4) is 0 Å². The lowest BCUT2D eigenvalue weighted by Gasteiger charge is -2.26. The molecule has 2 aromatic heterocycles. The fourth-order valence-corrected chi connectivity index (χ4v) is 8.88. The van der Waals surface area contributed by atoms with Crippen LogP contribution in [0.15, 0.2) is 194 Å². The topological polar surface area (TPSA) is 8.17 Å². The summed E-state index contributed by atoms with van der Waals surface area (Å²) in [6, 6.07) is 70.2. The van der Waals surface area contributed by atoms with E-state index in [4.69, 9.17) is 0 Å². The minimum absolute atomic E-state index is 1.12. The van der Waals surface area contributed by atoms with Gasteiger partial charge in [-0.15, -0.1) is 11.3 Å². The van der Waals surface area contributed by atoms with Crippen molar-refractivity contribution in [1.82, 2.24) is 4.57 Å². The molecule has 10 aromatic rings. The molecule has 0 saturated heterocycles. The van der Waals surface area contributed by atoms with Crippen LogP contribution in [0.4, 0.5) is 17.1 Å². The van der Waals surface area contributed by atoms with Gasteiger partial charge in [-0.2, -0.15) is 0 Å². The maximum atomic E-state index is 2.45. The monoisotopic (exact) mass is 668 g/mol. The number of thiophene rings is 1. The molecule has 0 saturated carbocycles. The summed E-state index contributed by atoms with van der Waals surface area (Å²) >= 11 is 1.87. The lowest BCUT2D eigenvalue weighted by atomic mass is 10.0. The van der Waals surface area contributed by atoms with Gasteiger partial charge in [0.2, 0.25) is 0 Å². The van der Waals surface area contributed by atoms with Crippen LogP contribution in [0.5, 0.6) is 0 Å². The second kappa shape index (κ2) is 12.2. The van der Waals surface area contributed by atoms with Crippen molar-refractivity contribution in [2.45, 2.75) is 0 Å². The van der Waals surface area contributed by atoms with Crippen LogP contribution in [-0.4, -0.2) is 4.57 Å². The van der Waals surface area contributed by atoms with Crippen molar-refractivity contribution in [2.75, 3.05) is 4.90 Å². The van der Waals surface area contributed by atoms with E-state index < -0.39 is 0 Å². The highest BCUT2D eigenvalue weighted by atomic mass is 32.1. The van der Waals surface area contributed by atoms with E-state index in [2.05, 4.69) is 204 Å². The van der Waals surface area contributed by atoms with Crippen molar-refractivity contribution >= 4 is 70.4 Å². The molecule has 0 bridgehead atoms. The molecule has 0 spiro atoms. The van der Waals surface area contributed by atoms with Gasteiger partial charge in [0.1, 0.15) is 0 Å². The van der Waals surface area contributed by atoms with E-state index in [9.17, 15) is 0 Å². The van der Waals surface area contributed by atoms with Gasteiger partial charge in [0.05, 0.1) is 27.1 Å². The normalized spacial score (nSPS) is 11.5. The van der Waals surface area contributed by atoms with Crippen LogP contribution in [0.1, 0.15) is 0 Å². The van der Waals surface area contributed by atoms with Crippen LogP contribution >= 0.6 is 11.3 Å². The van der Waals surface area contributed by atoms with Gasteiger partial charge in [0, 0.05) is 37.6 Å². The van der Waals surface area contributed by atoms with E-state index in [1.807, 2.05) is 11.3 Å². The zero-order valence-corrected chi connectivity index (χ0v) is 28.6. The summed E-state index contributed by atoms with van der Waals surface area (Å²) in [5.41, 5.74) is 11.9. The molecule has 0 radical (unpaired) electrons. The van der Waals surface area contributed by atoms with Crippen LogP contribution < -0.4 is 4.90 Å². The molecular formula is C48H32N2S. The predicted molar refractivity (Wildman–Crippen MR) is 219 cm³/mol. The quantitative estimate of drug-likeness (QED) is 0.171. The van der Waals surface area contributed by atoms with Crippen LogP contribution in [-0.2, 0) is 0 Å². The summed E-state index contributed by atoms with van der Waals surface area (Å²) in [4.78, 5) is 2.42. The van der Waals surface area contributed by atoms with Gasteiger partial charge < -0.3 is 9.47 Å². The number of hydrogen-bond donors (Lipinski definition) is 0. The van der Waals surface area contributed by atoms with Gasteiger partial charge in [-0.05, 0) is 76.9 Å². The average molecular weight is 669 g/mol. The summed E-state index contributed by atoms with van der Waals surface area (Å²) in [5, 5.41) is 5.09. The number of aromatic nitrogens is 1. The second-order valence-corrected chi connectivity index (χ2v) is 14.0. The van der Waals surface area contributed by atoms with Crippen molar-refractivity contribution < 1.29 is 0 Å². The smallest absolute Gasteiger partial charge is 0.0640 e.